The monoisotopic (exact) mass is 290 g/mol. The number of aromatic nitrogens is 3. The van der Waals surface area contributed by atoms with Crippen LogP contribution < -0.4 is 5.73 Å². The Bertz CT molecular complexity index is 725. The van der Waals surface area contributed by atoms with E-state index in [4.69, 9.17) is 16.9 Å². The number of hydrogen-bond donors (Lipinski definition) is 4. The third-order valence-corrected chi connectivity index (χ3v) is 3.69. The van der Waals surface area contributed by atoms with Crippen molar-refractivity contribution in [2.45, 2.75) is 24.0 Å². The Morgan fingerprint density at radius 3 is 2.95 bits per heavy atom. The Balaban J connectivity index is 2.14. The van der Waals surface area contributed by atoms with Crippen LogP contribution in [0.3, 0.4) is 0 Å². The Labute approximate surface area is 119 Å². The minimum atomic E-state index is -1.99. The van der Waals surface area contributed by atoms with Crippen LogP contribution in [0.15, 0.2) is 18.6 Å². The average molecular weight is 290 g/mol. The molecule has 5 N–H and O–H groups in total. The van der Waals surface area contributed by atoms with Gasteiger partial charge in [-0.2, -0.15) is 0 Å². The van der Waals surface area contributed by atoms with Gasteiger partial charge in [0.15, 0.2) is 11.8 Å². The molecule has 8 heteroatoms. The van der Waals surface area contributed by atoms with Crippen molar-refractivity contribution in [3.05, 3.63) is 18.6 Å². The van der Waals surface area contributed by atoms with E-state index in [2.05, 4.69) is 15.9 Å². The lowest BCUT2D eigenvalue weighted by Gasteiger charge is -2.26. The maximum absolute atomic E-state index is 10.5. The van der Waals surface area contributed by atoms with Gasteiger partial charge in [0.25, 0.3) is 0 Å². The summed E-state index contributed by atoms with van der Waals surface area (Å²) in [7, 11) is 0. The van der Waals surface area contributed by atoms with Crippen molar-refractivity contribution in [2.24, 2.45) is 0 Å². The predicted molar refractivity (Wildman–Crippen MR) is 72.7 cm³/mol. The second kappa shape index (κ2) is 4.68. The van der Waals surface area contributed by atoms with Crippen molar-refractivity contribution in [1.82, 2.24) is 14.5 Å². The number of nitrogens with zero attached hydrogens (tertiary/aromatic N) is 3. The molecular weight excluding hydrogens is 276 g/mol. The molecule has 4 atom stereocenters. The first-order valence-corrected chi connectivity index (χ1v) is 6.24. The Morgan fingerprint density at radius 2 is 2.29 bits per heavy atom. The molecule has 2 aromatic rings. The maximum Gasteiger partial charge on any atom is 0.199 e. The molecule has 3 rings (SSSR count). The molecule has 110 valence electrons. The van der Waals surface area contributed by atoms with E-state index in [0.29, 0.717) is 11.0 Å². The highest BCUT2D eigenvalue weighted by Crippen LogP contribution is 2.39. The zero-order chi connectivity index (χ0) is 15.2. The molecule has 1 saturated heterocycles. The molecule has 0 spiro atoms. The van der Waals surface area contributed by atoms with Gasteiger partial charge in [0.1, 0.15) is 30.0 Å². The highest BCUT2D eigenvalue weighted by atomic mass is 16.6. The predicted octanol–water partition coefficient (Wildman–Crippen LogP) is -1.37. The number of aliphatic hydroxyl groups excluding tert-OH is 2. The van der Waals surface area contributed by atoms with Crippen LogP contribution >= 0.6 is 0 Å². The third kappa shape index (κ3) is 1.80. The van der Waals surface area contributed by atoms with Crippen molar-refractivity contribution in [1.29, 1.82) is 0 Å². The van der Waals surface area contributed by atoms with E-state index in [1.54, 1.807) is 12.3 Å². The van der Waals surface area contributed by atoms with Gasteiger partial charge in [-0.3, -0.25) is 0 Å². The number of aliphatic hydroxyl groups is 3. The summed E-state index contributed by atoms with van der Waals surface area (Å²) in [6.45, 7) is -0.474. The molecule has 1 fully saturated rings. The summed E-state index contributed by atoms with van der Waals surface area (Å²) in [6, 6.07) is 1.66. The van der Waals surface area contributed by atoms with Crippen LogP contribution in [0.2, 0.25) is 0 Å². The van der Waals surface area contributed by atoms with Gasteiger partial charge in [0.05, 0.1) is 12.0 Å². The molecule has 2 aromatic heterocycles. The number of anilines is 1. The number of rotatable bonds is 2. The van der Waals surface area contributed by atoms with Crippen LogP contribution in [-0.4, -0.2) is 54.3 Å². The molecule has 2 unspecified atom stereocenters. The van der Waals surface area contributed by atoms with Gasteiger partial charge in [-0.05, 0) is 6.07 Å². The molecule has 8 nitrogen and oxygen atoms in total. The van der Waals surface area contributed by atoms with E-state index in [1.165, 1.54) is 10.9 Å². The quantitative estimate of drug-likeness (QED) is 0.502. The molecular formula is C13H14N4O4. The largest absolute Gasteiger partial charge is 0.394 e. The number of nitrogens with two attached hydrogens (primary N) is 1. The van der Waals surface area contributed by atoms with Crippen molar-refractivity contribution in [2.75, 3.05) is 12.3 Å². The summed E-state index contributed by atoms with van der Waals surface area (Å²) in [5.41, 5.74) is 4.17. The fraction of sp³-hybridized carbons (Fsp3) is 0.385. The van der Waals surface area contributed by atoms with Gasteiger partial charge in [-0.1, -0.05) is 5.92 Å². The molecule has 0 radical (unpaired) electrons. The zero-order valence-corrected chi connectivity index (χ0v) is 10.9. The lowest BCUT2D eigenvalue weighted by molar-refractivity contribution is -0.0718. The molecule has 0 aromatic carbocycles. The van der Waals surface area contributed by atoms with Crippen molar-refractivity contribution in [3.63, 3.8) is 0 Å². The van der Waals surface area contributed by atoms with Gasteiger partial charge < -0.3 is 30.4 Å². The average Bonchev–Trinajstić information content (AvgIpc) is 3.01. The summed E-state index contributed by atoms with van der Waals surface area (Å²) in [4.78, 5) is 7.96. The summed E-state index contributed by atoms with van der Waals surface area (Å²) in [5, 5.41) is 30.4. The summed E-state index contributed by atoms with van der Waals surface area (Å²) < 4.78 is 6.96. The van der Waals surface area contributed by atoms with E-state index < -0.39 is 30.6 Å². The normalized spacial score (nSPS) is 32.4. The summed E-state index contributed by atoms with van der Waals surface area (Å²) >= 11 is 0. The summed E-state index contributed by atoms with van der Waals surface area (Å²) in [6.07, 6.45) is 4.70. The molecule has 1 aliphatic rings. The van der Waals surface area contributed by atoms with Crippen molar-refractivity contribution in [3.8, 4) is 12.3 Å². The number of nitrogen functional groups attached to an aromatic ring is 1. The van der Waals surface area contributed by atoms with Crippen molar-refractivity contribution < 1.29 is 20.1 Å². The third-order valence-electron chi connectivity index (χ3n) is 3.69. The van der Waals surface area contributed by atoms with Gasteiger partial charge in [0, 0.05) is 6.20 Å². The molecule has 0 saturated carbocycles. The second-order valence-corrected chi connectivity index (χ2v) is 4.84. The Hall–Kier alpha value is -2.18. The van der Waals surface area contributed by atoms with Crippen LogP contribution in [0.5, 0.6) is 0 Å². The first-order chi connectivity index (χ1) is 10.0. The van der Waals surface area contributed by atoms with Crippen LogP contribution in [0.1, 0.15) is 6.23 Å². The van der Waals surface area contributed by atoms with Gasteiger partial charge in [-0.25, -0.2) is 9.97 Å². The first kappa shape index (κ1) is 13.8. The number of terminal acetylenes is 1. The van der Waals surface area contributed by atoms with E-state index in [9.17, 15) is 15.3 Å². The molecule has 0 aliphatic carbocycles. The smallest absolute Gasteiger partial charge is 0.199 e. The minimum Gasteiger partial charge on any atom is -0.394 e. The SMILES string of the molecule is C#CC1(O)C(O)[C@@H](CO)O[C@H]1n1ccc2c(N)ncnc21. The maximum atomic E-state index is 10.5. The van der Waals surface area contributed by atoms with Crippen molar-refractivity contribution >= 4 is 16.9 Å². The fourth-order valence-corrected chi connectivity index (χ4v) is 2.53. The molecule has 0 bridgehead atoms. The topological polar surface area (TPSA) is 127 Å². The first-order valence-electron chi connectivity index (χ1n) is 6.24. The fourth-order valence-electron chi connectivity index (χ4n) is 2.53. The van der Waals surface area contributed by atoms with Crippen LogP contribution in [0, 0.1) is 12.3 Å². The van der Waals surface area contributed by atoms with Crippen LogP contribution in [0.4, 0.5) is 5.82 Å². The highest BCUT2D eigenvalue weighted by Gasteiger charge is 2.55. The standard InChI is InChI=1S/C13H14N4O4/c1-2-13(20)9(19)8(5-18)21-12(13)17-4-3-7-10(14)15-6-16-11(7)17/h1,3-4,6,8-9,12,18-20H,5H2,(H2,14,15,16)/t8-,9?,12-,13?/m1/s1. The van der Waals surface area contributed by atoms with E-state index in [-0.39, 0.29) is 5.82 Å². The van der Waals surface area contributed by atoms with Crippen LogP contribution in [0.25, 0.3) is 11.0 Å². The lowest BCUT2D eigenvalue weighted by Crippen LogP contribution is -2.45. The van der Waals surface area contributed by atoms with E-state index >= 15 is 0 Å². The van der Waals surface area contributed by atoms with Gasteiger partial charge >= 0.3 is 0 Å². The second-order valence-electron chi connectivity index (χ2n) is 4.84. The molecule has 0 amide bonds. The highest BCUT2D eigenvalue weighted by molar-refractivity contribution is 5.86. The van der Waals surface area contributed by atoms with E-state index in [1.807, 2.05) is 0 Å². The number of hydrogen-bond acceptors (Lipinski definition) is 7. The lowest BCUT2D eigenvalue weighted by atomic mass is 9.95. The molecule has 1 aliphatic heterocycles. The molecule has 21 heavy (non-hydrogen) atoms. The van der Waals surface area contributed by atoms with Gasteiger partial charge in [-0.15, -0.1) is 6.42 Å². The zero-order valence-electron chi connectivity index (χ0n) is 10.9. The van der Waals surface area contributed by atoms with E-state index in [0.717, 1.165) is 0 Å². The number of ether oxygens (including phenoxy) is 1. The summed E-state index contributed by atoms with van der Waals surface area (Å²) in [5.74, 6) is 2.42. The number of fused-ring (bicyclic) bond motifs is 1. The molecule has 3 heterocycles. The minimum absolute atomic E-state index is 0.278. The Morgan fingerprint density at radius 1 is 1.52 bits per heavy atom. The van der Waals surface area contributed by atoms with Gasteiger partial charge in [0.2, 0.25) is 0 Å². The Kier molecular flexibility index (Phi) is 3.07. The van der Waals surface area contributed by atoms with Crippen LogP contribution in [-0.2, 0) is 4.74 Å².